The molecule has 24 heavy (non-hydrogen) atoms. The standard InChI is InChI=1S/C20H30O4/c1-2-3-4-5-6-7-8-9-10-11-12-14-17(21)20-18(24-20)15-13-16-19(22)23/h6-7,9-10,12,14,18,20H,2-5,8,11,13,15-16H2,1H3,(H,22,23)/b7-6-,10-9-,14-12-. The van der Waals surface area contributed by atoms with Gasteiger partial charge in [0.25, 0.3) is 0 Å². The number of aliphatic carboxylic acids is 1. The highest BCUT2D eigenvalue weighted by Crippen LogP contribution is 2.28. The number of epoxide rings is 1. The van der Waals surface area contributed by atoms with Gasteiger partial charge < -0.3 is 9.84 Å². The minimum atomic E-state index is -0.805. The molecule has 1 N–H and O–H groups in total. The van der Waals surface area contributed by atoms with E-state index < -0.39 is 5.97 Å². The largest absolute Gasteiger partial charge is 0.481 e. The van der Waals surface area contributed by atoms with Crippen LogP contribution in [-0.2, 0) is 14.3 Å². The van der Waals surface area contributed by atoms with E-state index in [1.54, 1.807) is 6.08 Å². The summed E-state index contributed by atoms with van der Waals surface area (Å²) in [6.07, 6.45) is 19.5. The quantitative estimate of drug-likeness (QED) is 0.218. The van der Waals surface area contributed by atoms with Crippen LogP contribution in [0.25, 0.3) is 0 Å². The molecule has 1 aliphatic rings. The minimum Gasteiger partial charge on any atom is -0.481 e. The molecule has 2 atom stereocenters. The fourth-order valence-electron chi connectivity index (χ4n) is 2.42. The summed E-state index contributed by atoms with van der Waals surface area (Å²) >= 11 is 0. The Kier molecular flexibility index (Phi) is 10.8. The van der Waals surface area contributed by atoms with Crippen LogP contribution in [0.5, 0.6) is 0 Å². The van der Waals surface area contributed by atoms with E-state index in [1.165, 1.54) is 19.3 Å². The summed E-state index contributed by atoms with van der Waals surface area (Å²) in [6.45, 7) is 2.21. The number of carboxylic acid groups (broad SMARTS) is 1. The smallest absolute Gasteiger partial charge is 0.303 e. The Morgan fingerprint density at radius 2 is 1.71 bits per heavy atom. The maximum absolute atomic E-state index is 11.8. The number of rotatable bonds is 14. The second kappa shape index (κ2) is 12.7. The van der Waals surface area contributed by atoms with Crippen molar-refractivity contribution in [2.75, 3.05) is 0 Å². The second-order valence-electron chi connectivity index (χ2n) is 6.10. The van der Waals surface area contributed by atoms with Crippen molar-refractivity contribution in [3.8, 4) is 0 Å². The lowest BCUT2D eigenvalue weighted by Gasteiger charge is -1.92. The van der Waals surface area contributed by atoms with Gasteiger partial charge in [-0.2, -0.15) is 0 Å². The summed E-state index contributed by atoms with van der Waals surface area (Å²) in [7, 11) is 0. The van der Waals surface area contributed by atoms with Crippen LogP contribution in [0, 0.1) is 0 Å². The first-order valence-electron chi connectivity index (χ1n) is 9.02. The molecule has 0 radical (unpaired) electrons. The van der Waals surface area contributed by atoms with Gasteiger partial charge in [-0.15, -0.1) is 0 Å². The molecule has 1 rings (SSSR count). The fourth-order valence-corrected chi connectivity index (χ4v) is 2.42. The van der Waals surface area contributed by atoms with Crippen LogP contribution in [0.4, 0.5) is 0 Å². The Labute approximate surface area is 145 Å². The normalized spacial score (nSPS) is 20.4. The summed E-state index contributed by atoms with van der Waals surface area (Å²) in [6, 6.07) is 0. The fraction of sp³-hybridized carbons (Fsp3) is 0.600. The molecule has 1 heterocycles. The summed E-state index contributed by atoms with van der Waals surface area (Å²) < 4.78 is 5.29. The number of carbonyl (C=O) groups is 2. The highest BCUT2D eigenvalue weighted by atomic mass is 16.6. The molecule has 1 aliphatic heterocycles. The van der Waals surface area contributed by atoms with E-state index in [0.717, 1.165) is 19.3 Å². The van der Waals surface area contributed by atoms with Gasteiger partial charge in [0.1, 0.15) is 6.10 Å². The Bertz CT molecular complexity index is 462. The molecule has 0 amide bonds. The van der Waals surface area contributed by atoms with E-state index in [0.29, 0.717) is 12.8 Å². The molecule has 0 bridgehead atoms. The Balaban J connectivity index is 2.03. The number of carbonyl (C=O) groups excluding carboxylic acids is 1. The Morgan fingerprint density at radius 1 is 1.00 bits per heavy atom. The molecule has 4 nitrogen and oxygen atoms in total. The number of carboxylic acids is 1. The van der Waals surface area contributed by atoms with Gasteiger partial charge in [-0.25, -0.2) is 0 Å². The first-order valence-corrected chi connectivity index (χ1v) is 9.02. The van der Waals surface area contributed by atoms with Crippen molar-refractivity contribution < 1.29 is 19.4 Å². The number of hydrogen-bond acceptors (Lipinski definition) is 3. The van der Waals surface area contributed by atoms with E-state index >= 15 is 0 Å². The first-order chi connectivity index (χ1) is 11.6. The van der Waals surface area contributed by atoms with Gasteiger partial charge in [0.15, 0.2) is 5.78 Å². The van der Waals surface area contributed by atoms with Gasteiger partial charge in [-0.3, -0.25) is 9.59 Å². The van der Waals surface area contributed by atoms with Crippen molar-refractivity contribution in [1.29, 1.82) is 0 Å². The second-order valence-corrected chi connectivity index (χ2v) is 6.10. The van der Waals surface area contributed by atoms with Crippen molar-refractivity contribution in [2.45, 2.75) is 76.9 Å². The van der Waals surface area contributed by atoms with Gasteiger partial charge in [0, 0.05) is 6.42 Å². The lowest BCUT2D eigenvalue weighted by atomic mass is 10.1. The van der Waals surface area contributed by atoms with Crippen LogP contribution in [-0.4, -0.2) is 29.1 Å². The highest BCUT2D eigenvalue weighted by Gasteiger charge is 2.42. The Morgan fingerprint density at radius 3 is 2.42 bits per heavy atom. The molecule has 2 unspecified atom stereocenters. The monoisotopic (exact) mass is 334 g/mol. The molecule has 0 aliphatic carbocycles. The number of unbranched alkanes of at least 4 members (excludes halogenated alkanes) is 3. The van der Waals surface area contributed by atoms with Gasteiger partial charge >= 0.3 is 5.97 Å². The van der Waals surface area contributed by atoms with Crippen molar-refractivity contribution in [1.82, 2.24) is 0 Å². The molecular weight excluding hydrogens is 304 g/mol. The van der Waals surface area contributed by atoms with E-state index in [9.17, 15) is 9.59 Å². The van der Waals surface area contributed by atoms with E-state index in [1.807, 2.05) is 6.08 Å². The predicted octanol–water partition coefficient (Wildman–Crippen LogP) is 4.61. The number of ether oxygens (including phenoxy) is 1. The van der Waals surface area contributed by atoms with E-state index in [2.05, 4.69) is 31.2 Å². The average molecular weight is 334 g/mol. The SMILES string of the molecule is CCCCC/C=C\C/C=C\C/C=C\C(=O)C1OC1CCCC(=O)O. The van der Waals surface area contributed by atoms with Crippen LogP contribution in [0.15, 0.2) is 36.5 Å². The zero-order chi connectivity index (χ0) is 17.6. The third-order valence-electron chi connectivity index (χ3n) is 3.88. The summed E-state index contributed by atoms with van der Waals surface area (Å²) in [4.78, 5) is 22.2. The first kappa shape index (κ1) is 20.4. The van der Waals surface area contributed by atoms with Crippen molar-refractivity contribution in [2.24, 2.45) is 0 Å². The van der Waals surface area contributed by atoms with Crippen LogP contribution >= 0.6 is 0 Å². The van der Waals surface area contributed by atoms with Crippen LogP contribution in [0.2, 0.25) is 0 Å². The third-order valence-corrected chi connectivity index (χ3v) is 3.88. The van der Waals surface area contributed by atoms with Gasteiger partial charge in [0.2, 0.25) is 0 Å². The lowest BCUT2D eigenvalue weighted by molar-refractivity contribution is -0.137. The van der Waals surface area contributed by atoms with Crippen LogP contribution in [0.1, 0.15) is 64.7 Å². The van der Waals surface area contributed by atoms with Crippen LogP contribution in [0.3, 0.4) is 0 Å². The average Bonchev–Trinajstić information content (AvgIpc) is 3.31. The number of allylic oxidation sites excluding steroid dienone is 5. The molecule has 4 heteroatoms. The summed E-state index contributed by atoms with van der Waals surface area (Å²) in [5, 5.41) is 8.56. The van der Waals surface area contributed by atoms with E-state index in [-0.39, 0.29) is 24.4 Å². The maximum atomic E-state index is 11.8. The van der Waals surface area contributed by atoms with Crippen molar-refractivity contribution in [3.63, 3.8) is 0 Å². The predicted molar refractivity (Wildman–Crippen MR) is 96.0 cm³/mol. The third kappa shape index (κ3) is 10.2. The topological polar surface area (TPSA) is 66.9 Å². The summed E-state index contributed by atoms with van der Waals surface area (Å²) in [5.41, 5.74) is 0. The Hall–Kier alpha value is -1.68. The number of ketones is 1. The maximum Gasteiger partial charge on any atom is 0.303 e. The molecule has 1 fully saturated rings. The van der Waals surface area contributed by atoms with Crippen molar-refractivity contribution in [3.05, 3.63) is 36.5 Å². The van der Waals surface area contributed by atoms with Gasteiger partial charge in [0.05, 0.1) is 6.10 Å². The molecule has 0 saturated carbocycles. The van der Waals surface area contributed by atoms with Gasteiger partial charge in [-0.1, -0.05) is 50.1 Å². The van der Waals surface area contributed by atoms with Gasteiger partial charge in [-0.05, 0) is 44.6 Å². The molecule has 0 aromatic rings. The van der Waals surface area contributed by atoms with Crippen LogP contribution < -0.4 is 0 Å². The zero-order valence-corrected chi connectivity index (χ0v) is 14.7. The number of hydrogen-bond donors (Lipinski definition) is 1. The minimum absolute atomic E-state index is 0.0143. The molecule has 0 aromatic carbocycles. The highest BCUT2D eigenvalue weighted by molar-refractivity contribution is 5.95. The van der Waals surface area contributed by atoms with E-state index in [4.69, 9.17) is 9.84 Å². The molecular formula is C20H30O4. The lowest BCUT2D eigenvalue weighted by Crippen LogP contribution is -2.07. The molecule has 1 saturated heterocycles. The molecule has 0 spiro atoms. The molecule has 0 aromatic heterocycles. The zero-order valence-electron chi connectivity index (χ0n) is 14.7. The summed E-state index contributed by atoms with van der Waals surface area (Å²) in [5.74, 6) is -0.819. The van der Waals surface area contributed by atoms with Crippen molar-refractivity contribution >= 4 is 11.8 Å². The molecule has 134 valence electrons.